The molecule has 0 aromatic carbocycles. The minimum atomic E-state index is -0.180. The van der Waals surface area contributed by atoms with Gasteiger partial charge in [-0.05, 0) is 24.7 Å². The average Bonchev–Trinajstić information content (AvgIpc) is 2.82. The van der Waals surface area contributed by atoms with Gasteiger partial charge in [-0.15, -0.1) is 0 Å². The Balaban J connectivity index is 1.69. The topological polar surface area (TPSA) is 86.7 Å². The van der Waals surface area contributed by atoms with E-state index in [1.165, 1.54) is 4.90 Å². The summed E-state index contributed by atoms with van der Waals surface area (Å²) in [5.74, 6) is 0.120. The molecule has 0 radical (unpaired) electrons. The second kappa shape index (κ2) is 7.54. The van der Waals surface area contributed by atoms with E-state index >= 15 is 0 Å². The number of nitrogens with zero attached hydrogens (tertiary/aromatic N) is 1. The van der Waals surface area contributed by atoms with Gasteiger partial charge in [0, 0.05) is 39.0 Å². The fourth-order valence-electron chi connectivity index (χ4n) is 3.21. The molecule has 1 saturated heterocycles. The lowest BCUT2D eigenvalue weighted by Gasteiger charge is -2.30. The maximum Gasteiger partial charge on any atom is 0.229 e. The Kier molecular flexibility index (Phi) is 5.73. The maximum atomic E-state index is 11.8. The number of nitrogens with one attached hydrogen (secondary N) is 1. The fraction of sp³-hybridized carbons (Fsp3) is 0.800. The number of hydrogen-bond acceptors (Lipinski definition) is 4. The van der Waals surface area contributed by atoms with E-state index in [0.717, 1.165) is 25.7 Å². The Morgan fingerprint density at radius 3 is 2.38 bits per heavy atom. The molecule has 1 saturated carbocycles. The van der Waals surface area contributed by atoms with Crippen LogP contribution in [0.25, 0.3) is 0 Å². The molecule has 2 rings (SSSR count). The van der Waals surface area contributed by atoms with Gasteiger partial charge in [0.2, 0.25) is 17.7 Å². The van der Waals surface area contributed by atoms with E-state index in [0.29, 0.717) is 12.5 Å². The van der Waals surface area contributed by atoms with Crippen LogP contribution in [0.15, 0.2) is 0 Å². The second-order valence-electron chi connectivity index (χ2n) is 5.98. The third-order valence-electron chi connectivity index (χ3n) is 4.58. The zero-order valence-electron chi connectivity index (χ0n) is 12.3. The van der Waals surface area contributed by atoms with Crippen LogP contribution in [0.3, 0.4) is 0 Å². The third-order valence-corrected chi connectivity index (χ3v) is 4.58. The van der Waals surface area contributed by atoms with Gasteiger partial charge in [-0.3, -0.25) is 19.3 Å². The summed E-state index contributed by atoms with van der Waals surface area (Å²) in [5.41, 5.74) is 0. The predicted octanol–water partition coefficient (Wildman–Crippen LogP) is 0.440. The number of hydrogen-bond donors (Lipinski definition) is 2. The zero-order valence-corrected chi connectivity index (χ0v) is 12.3. The van der Waals surface area contributed by atoms with E-state index in [4.69, 9.17) is 0 Å². The highest BCUT2D eigenvalue weighted by molar-refractivity contribution is 6.02. The van der Waals surface area contributed by atoms with E-state index in [1.54, 1.807) is 0 Å². The number of imide groups is 1. The number of carbonyl (C=O) groups is 3. The Bertz CT molecular complexity index is 394. The molecule has 2 N–H and O–H groups in total. The van der Waals surface area contributed by atoms with E-state index < -0.39 is 0 Å². The Hall–Kier alpha value is -1.43. The first kappa shape index (κ1) is 15.9. The molecule has 6 nitrogen and oxygen atoms in total. The summed E-state index contributed by atoms with van der Waals surface area (Å²) in [4.78, 5) is 35.9. The molecule has 0 aromatic rings. The lowest BCUT2D eigenvalue weighted by Crippen LogP contribution is -2.38. The van der Waals surface area contributed by atoms with Gasteiger partial charge in [0.25, 0.3) is 0 Å². The van der Waals surface area contributed by atoms with Gasteiger partial charge in [0.1, 0.15) is 0 Å². The maximum absolute atomic E-state index is 11.8. The molecule has 2 fully saturated rings. The SMILES string of the molecule is O=C(CCN1C(=O)CCC1=O)NCC1CCCCC1CO. The molecule has 2 atom stereocenters. The zero-order chi connectivity index (χ0) is 15.2. The smallest absolute Gasteiger partial charge is 0.229 e. The number of carbonyl (C=O) groups excluding carboxylic acids is 3. The molecule has 0 bridgehead atoms. The lowest BCUT2D eigenvalue weighted by molar-refractivity contribution is -0.138. The number of aliphatic hydroxyl groups excluding tert-OH is 1. The summed E-state index contributed by atoms with van der Waals surface area (Å²) >= 11 is 0. The molecule has 118 valence electrons. The Labute approximate surface area is 124 Å². The van der Waals surface area contributed by atoms with Crippen LogP contribution in [-0.4, -0.2) is 47.4 Å². The molecule has 2 aliphatic rings. The predicted molar refractivity (Wildman–Crippen MR) is 76.1 cm³/mol. The minimum absolute atomic E-state index is 0.134. The van der Waals surface area contributed by atoms with Crippen LogP contribution >= 0.6 is 0 Å². The van der Waals surface area contributed by atoms with Crippen molar-refractivity contribution < 1.29 is 19.5 Å². The highest BCUT2D eigenvalue weighted by Crippen LogP contribution is 2.29. The molecule has 1 aliphatic heterocycles. The van der Waals surface area contributed by atoms with Gasteiger partial charge < -0.3 is 10.4 Å². The normalized spacial score (nSPS) is 26.2. The molecule has 21 heavy (non-hydrogen) atoms. The molecule has 1 heterocycles. The van der Waals surface area contributed by atoms with E-state index in [1.807, 2.05) is 0 Å². The van der Waals surface area contributed by atoms with Crippen LogP contribution < -0.4 is 5.32 Å². The quantitative estimate of drug-likeness (QED) is 0.696. The van der Waals surface area contributed by atoms with E-state index in [2.05, 4.69) is 5.32 Å². The van der Waals surface area contributed by atoms with Gasteiger partial charge in [0.05, 0.1) is 0 Å². The molecular formula is C15H24N2O4. The van der Waals surface area contributed by atoms with Gasteiger partial charge in [0.15, 0.2) is 0 Å². The van der Waals surface area contributed by atoms with Crippen LogP contribution in [0.4, 0.5) is 0 Å². The summed E-state index contributed by atoms with van der Waals surface area (Å²) in [6, 6.07) is 0. The summed E-state index contributed by atoms with van der Waals surface area (Å²) in [6.07, 6.45) is 5.04. The van der Waals surface area contributed by atoms with Crippen molar-refractivity contribution in [3.8, 4) is 0 Å². The minimum Gasteiger partial charge on any atom is -0.396 e. The lowest BCUT2D eigenvalue weighted by atomic mass is 9.79. The summed E-state index contributed by atoms with van der Waals surface area (Å²) in [5, 5.41) is 12.2. The van der Waals surface area contributed by atoms with Crippen LogP contribution in [0.1, 0.15) is 44.9 Å². The highest BCUT2D eigenvalue weighted by Gasteiger charge is 2.29. The largest absolute Gasteiger partial charge is 0.396 e. The molecule has 3 amide bonds. The first-order valence-corrected chi connectivity index (χ1v) is 7.82. The van der Waals surface area contributed by atoms with Crippen LogP contribution in [0.5, 0.6) is 0 Å². The summed E-state index contributed by atoms with van der Waals surface area (Å²) < 4.78 is 0. The molecule has 1 aliphatic carbocycles. The molecular weight excluding hydrogens is 272 g/mol. The van der Waals surface area contributed by atoms with Gasteiger partial charge in [-0.1, -0.05) is 12.8 Å². The first-order valence-electron chi connectivity index (χ1n) is 7.82. The van der Waals surface area contributed by atoms with E-state index in [-0.39, 0.29) is 56.1 Å². The van der Waals surface area contributed by atoms with Crippen molar-refractivity contribution in [3.05, 3.63) is 0 Å². The standard InChI is InChI=1S/C15H24N2O4/c18-10-12-4-2-1-3-11(12)9-16-13(19)7-8-17-14(20)5-6-15(17)21/h11-12,18H,1-10H2,(H,16,19). The summed E-state index contributed by atoms with van der Waals surface area (Å²) in [6.45, 7) is 0.931. The molecule has 0 spiro atoms. The average molecular weight is 296 g/mol. The summed E-state index contributed by atoms with van der Waals surface area (Å²) in [7, 11) is 0. The van der Waals surface area contributed by atoms with Crippen molar-refractivity contribution in [2.24, 2.45) is 11.8 Å². The van der Waals surface area contributed by atoms with Gasteiger partial charge >= 0.3 is 0 Å². The number of aliphatic hydroxyl groups is 1. The van der Waals surface area contributed by atoms with Crippen LogP contribution in [-0.2, 0) is 14.4 Å². The van der Waals surface area contributed by atoms with Crippen LogP contribution in [0.2, 0.25) is 0 Å². The second-order valence-corrected chi connectivity index (χ2v) is 5.98. The number of likely N-dealkylation sites (tertiary alicyclic amines) is 1. The van der Waals surface area contributed by atoms with Crippen molar-refractivity contribution in [2.45, 2.75) is 44.9 Å². The Morgan fingerprint density at radius 2 is 1.76 bits per heavy atom. The molecule has 2 unspecified atom stereocenters. The van der Waals surface area contributed by atoms with Crippen molar-refractivity contribution in [1.29, 1.82) is 0 Å². The first-order chi connectivity index (χ1) is 10.1. The van der Waals surface area contributed by atoms with Crippen molar-refractivity contribution in [1.82, 2.24) is 10.2 Å². The monoisotopic (exact) mass is 296 g/mol. The third kappa shape index (κ3) is 4.27. The van der Waals surface area contributed by atoms with Gasteiger partial charge in [-0.2, -0.15) is 0 Å². The van der Waals surface area contributed by atoms with Crippen molar-refractivity contribution in [3.63, 3.8) is 0 Å². The van der Waals surface area contributed by atoms with Gasteiger partial charge in [-0.25, -0.2) is 0 Å². The molecule has 6 heteroatoms. The fourth-order valence-corrected chi connectivity index (χ4v) is 3.21. The van der Waals surface area contributed by atoms with Crippen molar-refractivity contribution >= 4 is 17.7 Å². The van der Waals surface area contributed by atoms with Crippen molar-refractivity contribution in [2.75, 3.05) is 19.7 Å². The molecule has 0 aromatic heterocycles. The van der Waals surface area contributed by atoms with Crippen LogP contribution in [0, 0.1) is 11.8 Å². The van der Waals surface area contributed by atoms with E-state index in [9.17, 15) is 19.5 Å². The highest BCUT2D eigenvalue weighted by atomic mass is 16.3. The number of amides is 3. The Morgan fingerprint density at radius 1 is 1.14 bits per heavy atom. The number of rotatable bonds is 6.